The van der Waals surface area contributed by atoms with Gasteiger partial charge in [0.05, 0.1) is 12.6 Å². The molecule has 1 aliphatic carbocycles. The van der Waals surface area contributed by atoms with Gasteiger partial charge in [-0.3, -0.25) is 0 Å². The van der Waals surface area contributed by atoms with E-state index in [2.05, 4.69) is 17.4 Å². The van der Waals surface area contributed by atoms with Gasteiger partial charge in [-0.15, -0.1) is 0 Å². The average Bonchev–Trinajstić information content (AvgIpc) is 3.46. The lowest BCUT2D eigenvalue weighted by atomic mass is 10.0. The van der Waals surface area contributed by atoms with E-state index in [1.165, 1.54) is 18.4 Å². The molecule has 3 rings (SSSR count). The van der Waals surface area contributed by atoms with E-state index in [0.29, 0.717) is 19.1 Å². The summed E-state index contributed by atoms with van der Waals surface area (Å²) in [6.07, 6.45) is 2.36. The van der Waals surface area contributed by atoms with Crippen LogP contribution < -0.4 is 10.1 Å². The van der Waals surface area contributed by atoms with Crippen LogP contribution in [0.3, 0.4) is 0 Å². The van der Waals surface area contributed by atoms with Gasteiger partial charge in [0.15, 0.2) is 0 Å². The second-order valence-corrected chi connectivity index (χ2v) is 6.26. The molecule has 2 amide bonds. The lowest BCUT2D eigenvalue weighted by Gasteiger charge is -2.24. The molecule has 0 saturated heterocycles. The van der Waals surface area contributed by atoms with Crippen molar-refractivity contribution in [1.29, 1.82) is 0 Å². The fourth-order valence-electron chi connectivity index (χ4n) is 2.73. The Labute approximate surface area is 143 Å². The molecule has 4 nitrogen and oxygen atoms in total. The molecule has 0 aliphatic heterocycles. The van der Waals surface area contributed by atoms with Gasteiger partial charge in [-0.05, 0) is 36.5 Å². The van der Waals surface area contributed by atoms with Crippen LogP contribution in [-0.2, 0) is 0 Å². The summed E-state index contributed by atoms with van der Waals surface area (Å²) in [7, 11) is 1.80. The summed E-state index contributed by atoms with van der Waals surface area (Å²) in [5, 5.41) is 3.18. The molecule has 1 N–H and O–H groups in total. The third-order valence-corrected chi connectivity index (χ3v) is 4.32. The molecule has 0 aromatic heterocycles. The largest absolute Gasteiger partial charge is 0.492 e. The predicted molar refractivity (Wildman–Crippen MR) is 95.0 cm³/mol. The summed E-state index contributed by atoms with van der Waals surface area (Å²) in [6.45, 7) is 1.03. The molecular formula is C20H24N2O2. The molecule has 126 valence electrons. The van der Waals surface area contributed by atoms with E-state index in [-0.39, 0.29) is 12.1 Å². The summed E-state index contributed by atoms with van der Waals surface area (Å²) in [5.41, 5.74) is 1.18. The van der Waals surface area contributed by atoms with E-state index < -0.39 is 0 Å². The highest BCUT2D eigenvalue weighted by molar-refractivity contribution is 5.74. The summed E-state index contributed by atoms with van der Waals surface area (Å²) in [5.74, 6) is 1.39. The van der Waals surface area contributed by atoms with Gasteiger partial charge in [0.25, 0.3) is 0 Å². The first-order valence-electron chi connectivity index (χ1n) is 8.48. The smallest absolute Gasteiger partial charge is 0.317 e. The number of likely N-dealkylation sites (N-methyl/N-ethyl adjacent to an activating group) is 1. The van der Waals surface area contributed by atoms with Crippen molar-refractivity contribution in [3.05, 3.63) is 66.2 Å². The predicted octanol–water partition coefficient (Wildman–Crippen LogP) is 3.86. The topological polar surface area (TPSA) is 41.6 Å². The fourth-order valence-corrected chi connectivity index (χ4v) is 2.73. The lowest BCUT2D eigenvalue weighted by molar-refractivity contribution is 0.190. The number of para-hydroxylation sites is 1. The minimum Gasteiger partial charge on any atom is -0.492 e. The van der Waals surface area contributed by atoms with Crippen molar-refractivity contribution in [2.24, 2.45) is 5.92 Å². The standard InChI is InChI=1S/C20H24N2O2/c1-22(14-15-24-18-10-6-3-7-11-18)20(23)21-19(17-12-13-17)16-8-4-2-5-9-16/h2-11,17,19H,12-15H2,1H3,(H,21,23). The number of carbonyl (C=O) groups excluding carboxylic acids is 1. The highest BCUT2D eigenvalue weighted by Gasteiger charge is 2.33. The Morgan fingerprint density at radius 1 is 1.12 bits per heavy atom. The van der Waals surface area contributed by atoms with Crippen LogP contribution in [0.2, 0.25) is 0 Å². The summed E-state index contributed by atoms with van der Waals surface area (Å²) < 4.78 is 5.65. The summed E-state index contributed by atoms with van der Waals surface area (Å²) in [4.78, 5) is 14.1. The molecule has 0 heterocycles. The van der Waals surface area contributed by atoms with E-state index in [9.17, 15) is 4.79 Å². The fraction of sp³-hybridized carbons (Fsp3) is 0.350. The van der Waals surface area contributed by atoms with E-state index in [1.807, 2.05) is 48.5 Å². The molecule has 1 fully saturated rings. The lowest BCUT2D eigenvalue weighted by Crippen LogP contribution is -2.41. The Balaban J connectivity index is 1.49. The maximum Gasteiger partial charge on any atom is 0.317 e. The maximum atomic E-state index is 12.5. The number of rotatable bonds is 7. The molecule has 0 spiro atoms. The maximum absolute atomic E-state index is 12.5. The first-order chi connectivity index (χ1) is 11.7. The molecule has 0 radical (unpaired) electrons. The molecule has 1 saturated carbocycles. The number of nitrogens with zero attached hydrogens (tertiary/aromatic N) is 1. The SMILES string of the molecule is CN(CCOc1ccccc1)C(=O)NC(c1ccccc1)C1CC1. The van der Waals surface area contributed by atoms with Crippen molar-refractivity contribution < 1.29 is 9.53 Å². The molecule has 0 bridgehead atoms. The third kappa shape index (κ3) is 4.51. The highest BCUT2D eigenvalue weighted by Crippen LogP contribution is 2.40. The monoisotopic (exact) mass is 324 g/mol. The van der Waals surface area contributed by atoms with Gasteiger partial charge in [0.1, 0.15) is 12.4 Å². The number of benzene rings is 2. The quantitative estimate of drug-likeness (QED) is 0.840. The van der Waals surface area contributed by atoms with Crippen LogP contribution >= 0.6 is 0 Å². The van der Waals surface area contributed by atoms with Crippen molar-refractivity contribution in [2.75, 3.05) is 20.2 Å². The second kappa shape index (κ2) is 7.86. The van der Waals surface area contributed by atoms with Crippen molar-refractivity contribution in [2.45, 2.75) is 18.9 Å². The number of ether oxygens (including phenoxy) is 1. The van der Waals surface area contributed by atoms with Crippen LogP contribution in [0.1, 0.15) is 24.4 Å². The number of urea groups is 1. The van der Waals surface area contributed by atoms with E-state index >= 15 is 0 Å². The van der Waals surface area contributed by atoms with Gasteiger partial charge >= 0.3 is 6.03 Å². The molecule has 24 heavy (non-hydrogen) atoms. The normalized spacial score (nSPS) is 14.7. The molecule has 4 heteroatoms. The number of amides is 2. The number of nitrogens with one attached hydrogen (secondary N) is 1. The first kappa shape index (κ1) is 16.4. The van der Waals surface area contributed by atoms with Gasteiger partial charge in [-0.2, -0.15) is 0 Å². The molecule has 2 aromatic carbocycles. The van der Waals surface area contributed by atoms with Crippen LogP contribution in [0.5, 0.6) is 5.75 Å². The molecule has 1 unspecified atom stereocenters. The van der Waals surface area contributed by atoms with Gasteiger partial charge in [-0.1, -0.05) is 48.5 Å². The Morgan fingerprint density at radius 3 is 2.38 bits per heavy atom. The molecule has 1 atom stereocenters. The van der Waals surface area contributed by atoms with Crippen molar-refractivity contribution >= 4 is 6.03 Å². The zero-order chi connectivity index (χ0) is 16.8. The summed E-state index contributed by atoms with van der Waals surface area (Å²) in [6, 6.07) is 19.9. The van der Waals surface area contributed by atoms with Gasteiger partial charge in [-0.25, -0.2) is 4.79 Å². The van der Waals surface area contributed by atoms with Crippen molar-refractivity contribution in [1.82, 2.24) is 10.2 Å². The Hall–Kier alpha value is -2.49. The zero-order valence-corrected chi connectivity index (χ0v) is 14.0. The van der Waals surface area contributed by atoms with Crippen molar-refractivity contribution in [3.63, 3.8) is 0 Å². The minimum absolute atomic E-state index is 0.0487. The summed E-state index contributed by atoms with van der Waals surface area (Å²) >= 11 is 0. The van der Waals surface area contributed by atoms with Crippen LogP contribution in [0, 0.1) is 5.92 Å². The van der Waals surface area contributed by atoms with Crippen molar-refractivity contribution in [3.8, 4) is 5.75 Å². The third-order valence-electron chi connectivity index (χ3n) is 4.32. The molecule has 1 aliphatic rings. The van der Waals surface area contributed by atoms with Crippen LogP contribution in [0.4, 0.5) is 4.79 Å². The van der Waals surface area contributed by atoms with E-state index in [4.69, 9.17) is 4.74 Å². The Bertz CT molecular complexity index is 641. The highest BCUT2D eigenvalue weighted by atomic mass is 16.5. The van der Waals surface area contributed by atoms with Gasteiger partial charge < -0.3 is 15.0 Å². The molecular weight excluding hydrogens is 300 g/mol. The van der Waals surface area contributed by atoms with Gasteiger partial charge in [0.2, 0.25) is 0 Å². The first-order valence-corrected chi connectivity index (χ1v) is 8.48. The Kier molecular flexibility index (Phi) is 5.36. The Morgan fingerprint density at radius 2 is 1.75 bits per heavy atom. The number of carbonyl (C=O) groups is 1. The van der Waals surface area contributed by atoms with Crippen LogP contribution in [0.15, 0.2) is 60.7 Å². The van der Waals surface area contributed by atoms with Crippen LogP contribution in [0.25, 0.3) is 0 Å². The number of hydrogen-bond donors (Lipinski definition) is 1. The average molecular weight is 324 g/mol. The van der Waals surface area contributed by atoms with Crippen LogP contribution in [-0.4, -0.2) is 31.1 Å². The minimum atomic E-state index is -0.0487. The van der Waals surface area contributed by atoms with E-state index in [1.54, 1.807) is 11.9 Å². The van der Waals surface area contributed by atoms with Gasteiger partial charge in [0, 0.05) is 7.05 Å². The number of hydrogen-bond acceptors (Lipinski definition) is 2. The second-order valence-electron chi connectivity index (χ2n) is 6.26. The van der Waals surface area contributed by atoms with E-state index in [0.717, 1.165) is 5.75 Å². The molecule has 2 aromatic rings. The zero-order valence-electron chi connectivity index (χ0n) is 14.0.